The van der Waals surface area contributed by atoms with Gasteiger partial charge in [-0.2, -0.15) is 0 Å². The van der Waals surface area contributed by atoms with E-state index in [0.29, 0.717) is 0 Å². The number of nitrogens with one attached hydrogen (secondary N) is 1. The Kier molecular flexibility index (Phi) is 2.85. The highest BCUT2D eigenvalue weighted by molar-refractivity contribution is 5.14. The molecule has 2 nitrogen and oxygen atoms in total. The van der Waals surface area contributed by atoms with E-state index in [1.54, 1.807) is 0 Å². The van der Waals surface area contributed by atoms with Crippen LogP contribution in [-0.4, -0.2) is 12.1 Å². The predicted molar refractivity (Wildman–Crippen MR) is 58.9 cm³/mol. The second kappa shape index (κ2) is 4.11. The first-order valence-corrected chi connectivity index (χ1v) is 5.32. The molecule has 0 aliphatic heterocycles. The standard InChI is InChI=1S/C12H18N2/c13-12(7-4-8-12)10-14-9-11-5-2-1-3-6-11/h1-3,5-6,14H,4,7-10,13H2. The van der Waals surface area contributed by atoms with Crippen molar-refractivity contribution < 1.29 is 0 Å². The first-order valence-electron chi connectivity index (χ1n) is 5.32. The van der Waals surface area contributed by atoms with E-state index < -0.39 is 0 Å². The fourth-order valence-corrected chi connectivity index (χ4v) is 1.86. The fourth-order valence-electron chi connectivity index (χ4n) is 1.86. The van der Waals surface area contributed by atoms with Crippen LogP contribution < -0.4 is 11.1 Å². The first-order chi connectivity index (χ1) is 6.79. The summed E-state index contributed by atoms with van der Waals surface area (Å²) in [4.78, 5) is 0. The van der Waals surface area contributed by atoms with Crippen LogP contribution in [0.15, 0.2) is 30.3 Å². The zero-order valence-corrected chi connectivity index (χ0v) is 8.50. The normalized spacial score (nSPS) is 18.9. The van der Waals surface area contributed by atoms with E-state index in [0.717, 1.165) is 13.1 Å². The summed E-state index contributed by atoms with van der Waals surface area (Å²) in [5.74, 6) is 0. The molecular weight excluding hydrogens is 172 g/mol. The highest BCUT2D eigenvalue weighted by atomic mass is 14.9. The number of hydrogen-bond donors (Lipinski definition) is 2. The Balaban J connectivity index is 1.73. The Labute approximate surface area is 85.5 Å². The maximum atomic E-state index is 6.10. The molecule has 1 aromatic rings. The smallest absolute Gasteiger partial charge is 0.0281 e. The van der Waals surface area contributed by atoms with Gasteiger partial charge in [-0.1, -0.05) is 30.3 Å². The second-order valence-corrected chi connectivity index (χ2v) is 4.31. The second-order valence-electron chi connectivity index (χ2n) is 4.31. The Hall–Kier alpha value is -0.860. The first kappa shape index (κ1) is 9.69. The average molecular weight is 190 g/mol. The van der Waals surface area contributed by atoms with Gasteiger partial charge in [-0.05, 0) is 24.8 Å². The minimum Gasteiger partial charge on any atom is -0.324 e. The van der Waals surface area contributed by atoms with Crippen molar-refractivity contribution in [1.29, 1.82) is 0 Å². The third kappa shape index (κ3) is 2.34. The lowest BCUT2D eigenvalue weighted by atomic mass is 9.78. The molecule has 1 aliphatic carbocycles. The lowest BCUT2D eigenvalue weighted by Gasteiger charge is -2.38. The summed E-state index contributed by atoms with van der Waals surface area (Å²) in [6, 6.07) is 10.4. The number of nitrogens with two attached hydrogens (primary N) is 1. The van der Waals surface area contributed by atoms with E-state index >= 15 is 0 Å². The van der Waals surface area contributed by atoms with E-state index in [9.17, 15) is 0 Å². The van der Waals surface area contributed by atoms with Gasteiger partial charge in [-0.25, -0.2) is 0 Å². The molecule has 1 aliphatic rings. The molecule has 0 atom stereocenters. The zero-order valence-electron chi connectivity index (χ0n) is 8.50. The van der Waals surface area contributed by atoms with Crippen molar-refractivity contribution in [3.8, 4) is 0 Å². The number of rotatable bonds is 4. The van der Waals surface area contributed by atoms with Crippen molar-refractivity contribution in [2.45, 2.75) is 31.3 Å². The van der Waals surface area contributed by atoms with E-state index in [-0.39, 0.29) is 5.54 Å². The van der Waals surface area contributed by atoms with Crippen LogP contribution in [0.4, 0.5) is 0 Å². The molecular formula is C12H18N2. The molecule has 0 spiro atoms. The zero-order chi connectivity index (χ0) is 9.86. The van der Waals surface area contributed by atoms with Gasteiger partial charge in [0.2, 0.25) is 0 Å². The van der Waals surface area contributed by atoms with Gasteiger partial charge in [-0.15, -0.1) is 0 Å². The number of hydrogen-bond acceptors (Lipinski definition) is 2. The van der Waals surface area contributed by atoms with Gasteiger partial charge >= 0.3 is 0 Å². The highest BCUT2D eigenvalue weighted by Gasteiger charge is 2.31. The van der Waals surface area contributed by atoms with Crippen molar-refractivity contribution in [3.63, 3.8) is 0 Å². The molecule has 0 heterocycles. The summed E-state index contributed by atoms with van der Waals surface area (Å²) in [6.45, 7) is 1.88. The Morgan fingerprint density at radius 2 is 1.93 bits per heavy atom. The van der Waals surface area contributed by atoms with Crippen molar-refractivity contribution in [2.75, 3.05) is 6.54 Å². The molecule has 0 saturated heterocycles. The molecule has 0 unspecified atom stereocenters. The van der Waals surface area contributed by atoms with Gasteiger partial charge in [0.1, 0.15) is 0 Å². The summed E-state index contributed by atoms with van der Waals surface area (Å²) in [6.07, 6.45) is 3.65. The van der Waals surface area contributed by atoms with Crippen LogP contribution in [-0.2, 0) is 6.54 Å². The fraction of sp³-hybridized carbons (Fsp3) is 0.500. The molecule has 2 rings (SSSR count). The minimum atomic E-state index is 0.0920. The molecule has 1 aromatic carbocycles. The molecule has 3 N–H and O–H groups in total. The lowest BCUT2D eigenvalue weighted by molar-refractivity contribution is 0.239. The van der Waals surface area contributed by atoms with Gasteiger partial charge in [0.05, 0.1) is 0 Å². The molecule has 2 heteroatoms. The molecule has 76 valence electrons. The van der Waals surface area contributed by atoms with Crippen LogP contribution in [0.3, 0.4) is 0 Å². The molecule has 0 bridgehead atoms. The topological polar surface area (TPSA) is 38.0 Å². The summed E-state index contributed by atoms with van der Waals surface area (Å²) in [7, 11) is 0. The van der Waals surface area contributed by atoms with E-state index in [1.165, 1.54) is 24.8 Å². The summed E-state index contributed by atoms with van der Waals surface area (Å²) < 4.78 is 0. The maximum absolute atomic E-state index is 6.10. The summed E-state index contributed by atoms with van der Waals surface area (Å²) >= 11 is 0. The maximum Gasteiger partial charge on any atom is 0.0281 e. The van der Waals surface area contributed by atoms with Gasteiger partial charge in [0, 0.05) is 18.6 Å². The third-order valence-electron chi connectivity index (χ3n) is 3.00. The Morgan fingerprint density at radius 1 is 1.21 bits per heavy atom. The van der Waals surface area contributed by atoms with Crippen LogP contribution >= 0.6 is 0 Å². The highest BCUT2D eigenvalue weighted by Crippen LogP contribution is 2.28. The lowest BCUT2D eigenvalue weighted by Crippen LogP contribution is -2.53. The number of benzene rings is 1. The third-order valence-corrected chi connectivity index (χ3v) is 3.00. The van der Waals surface area contributed by atoms with Gasteiger partial charge in [0.25, 0.3) is 0 Å². The van der Waals surface area contributed by atoms with Gasteiger partial charge in [-0.3, -0.25) is 0 Å². The summed E-state index contributed by atoms with van der Waals surface area (Å²) in [5, 5.41) is 3.42. The monoisotopic (exact) mass is 190 g/mol. The van der Waals surface area contributed by atoms with Crippen molar-refractivity contribution >= 4 is 0 Å². The van der Waals surface area contributed by atoms with Crippen LogP contribution in [0.1, 0.15) is 24.8 Å². The molecule has 1 saturated carbocycles. The molecule has 14 heavy (non-hydrogen) atoms. The Morgan fingerprint density at radius 3 is 2.50 bits per heavy atom. The quantitative estimate of drug-likeness (QED) is 0.757. The predicted octanol–water partition coefficient (Wildman–Crippen LogP) is 1.66. The van der Waals surface area contributed by atoms with E-state index in [1.807, 2.05) is 6.07 Å². The van der Waals surface area contributed by atoms with E-state index in [4.69, 9.17) is 5.73 Å². The van der Waals surface area contributed by atoms with Crippen molar-refractivity contribution in [3.05, 3.63) is 35.9 Å². The summed E-state index contributed by atoms with van der Waals surface area (Å²) in [5.41, 5.74) is 7.53. The largest absolute Gasteiger partial charge is 0.324 e. The average Bonchev–Trinajstić information content (AvgIpc) is 2.17. The molecule has 0 amide bonds. The minimum absolute atomic E-state index is 0.0920. The van der Waals surface area contributed by atoms with Crippen LogP contribution in [0.25, 0.3) is 0 Å². The van der Waals surface area contributed by atoms with Gasteiger partial charge < -0.3 is 11.1 Å². The molecule has 0 aromatic heterocycles. The SMILES string of the molecule is NC1(CNCc2ccccc2)CCC1. The van der Waals surface area contributed by atoms with Crippen molar-refractivity contribution in [2.24, 2.45) is 5.73 Å². The van der Waals surface area contributed by atoms with E-state index in [2.05, 4.69) is 29.6 Å². The van der Waals surface area contributed by atoms with Crippen LogP contribution in [0.5, 0.6) is 0 Å². The van der Waals surface area contributed by atoms with Crippen LogP contribution in [0.2, 0.25) is 0 Å². The molecule has 0 radical (unpaired) electrons. The molecule has 1 fully saturated rings. The van der Waals surface area contributed by atoms with Crippen LogP contribution in [0, 0.1) is 0 Å². The van der Waals surface area contributed by atoms with Crippen molar-refractivity contribution in [1.82, 2.24) is 5.32 Å². The Bertz CT molecular complexity index is 278. The van der Waals surface area contributed by atoms with Gasteiger partial charge in [0.15, 0.2) is 0 Å².